The Morgan fingerprint density at radius 1 is 1.38 bits per heavy atom. The van der Waals surface area contributed by atoms with Crippen molar-refractivity contribution in [3.8, 4) is 0 Å². The largest absolute Gasteiger partial charge is 0.469 e. The molecule has 0 saturated carbocycles. The van der Waals surface area contributed by atoms with Crippen LogP contribution >= 0.6 is 11.6 Å². The van der Waals surface area contributed by atoms with Crippen molar-refractivity contribution in [3.05, 3.63) is 28.5 Å². The highest BCUT2D eigenvalue weighted by Crippen LogP contribution is 2.35. The molecule has 5 nitrogen and oxygen atoms in total. The van der Waals surface area contributed by atoms with Crippen molar-refractivity contribution in [3.63, 3.8) is 0 Å². The minimum Gasteiger partial charge on any atom is -0.469 e. The smallest absolute Gasteiger partial charge is 0.313 e. The quantitative estimate of drug-likeness (QED) is 0.634. The summed E-state index contributed by atoms with van der Waals surface area (Å²) in [4.78, 5) is 36.7. The minimum atomic E-state index is -1.04. The van der Waals surface area contributed by atoms with Gasteiger partial charge in [-0.25, -0.2) is 4.39 Å². The van der Waals surface area contributed by atoms with E-state index in [9.17, 15) is 18.8 Å². The van der Waals surface area contributed by atoms with Crippen LogP contribution in [0.3, 0.4) is 0 Å². The van der Waals surface area contributed by atoms with Gasteiger partial charge >= 0.3 is 5.97 Å². The first-order valence-corrected chi connectivity index (χ1v) is 6.50. The third kappa shape index (κ3) is 2.51. The van der Waals surface area contributed by atoms with E-state index in [0.717, 1.165) is 17.0 Å². The number of ketones is 1. The molecule has 2 rings (SSSR count). The Morgan fingerprint density at radius 2 is 2.00 bits per heavy atom. The number of methoxy groups -OCH3 is 1. The maximum Gasteiger partial charge on any atom is 0.313 e. The summed E-state index contributed by atoms with van der Waals surface area (Å²) in [7, 11) is 1.23. The van der Waals surface area contributed by atoms with Gasteiger partial charge in [0.05, 0.1) is 28.8 Å². The van der Waals surface area contributed by atoms with Gasteiger partial charge in [-0.05, 0) is 26.0 Å². The summed E-state index contributed by atoms with van der Waals surface area (Å²) in [5.74, 6) is -2.86. The van der Waals surface area contributed by atoms with E-state index in [1.165, 1.54) is 7.11 Å². The number of carbonyl (C=O) groups excluding carboxylic acids is 3. The molecule has 1 heterocycles. The zero-order valence-electron chi connectivity index (χ0n) is 11.7. The Hall–Kier alpha value is -1.95. The molecule has 0 fully saturated rings. The number of nitrogens with zero attached hydrogens (tertiary/aromatic N) is 1. The van der Waals surface area contributed by atoms with E-state index in [0.29, 0.717) is 0 Å². The number of benzene rings is 1. The van der Waals surface area contributed by atoms with Gasteiger partial charge in [-0.1, -0.05) is 11.6 Å². The molecule has 0 unspecified atom stereocenters. The maximum atomic E-state index is 13.6. The number of carbonyl (C=O) groups is 3. The summed E-state index contributed by atoms with van der Waals surface area (Å²) in [5.41, 5.74) is -0.890. The molecule has 112 valence electrons. The second-order valence-corrected chi connectivity index (χ2v) is 5.79. The zero-order chi connectivity index (χ0) is 15.9. The van der Waals surface area contributed by atoms with Crippen molar-refractivity contribution in [1.29, 1.82) is 0 Å². The van der Waals surface area contributed by atoms with Gasteiger partial charge in [0.25, 0.3) is 11.7 Å². The van der Waals surface area contributed by atoms with Crippen molar-refractivity contribution in [2.45, 2.75) is 13.8 Å². The zero-order valence-corrected chi connectivity index (χ0v) is 12.5. The van der Waals surface area contributed by atoms with E-state index in [4.69, 9.17) is 11.6 Å². The molecule has 0 spiro atoms. The molecule has 0 aliphatic carbocycles. The molecular formula is C14H13ClFNO4. The topological polar surface area (TPSA) is 63.7 Å². The van der Waals surface area contributed by atoms with E-state index in [1.807, 2.05) is 0 Å². The Kier molecular flexibility index (Phi) is 3.76. The van der Waals surface area contributed by atoms with E-state index in [2.05, 4.69) is 4.74 Å². The van der Waals surface area contributed by atoms with Gasteiger partial charge in [0.2, 0.25) is 0 Å². The molecule has 1 amide bonds. The summed E-state index contributed by atoms with van der Waals surface area (Å²) < 4.78 is 18.2. The fourth-order valence-electron chi connectivity index (χ4n) is 2.18. The number of halogens is 2. The summed E-state index contributed by atoms with van der Waals surface area (Å²) in [5, 5.41) is -0.232. The molecule has 7 heteroatoms. The van der Waals surface area contributed by atoms with E-state index in [1.54, 1.807) is 13.8 Å². The average Bonchev–Trinajstić information content (AvgIpc) is 2.64. The van der Waals surface area contributed by atoms with Gasteiger partial charge in [0.1, 0.15) is 5.82 Å². The normalized spacial score (nSPS) is 14.4. The van der Waals surface area contributed by atoms with Crippen LogP contribution < -0.4 is 4.90 Å². The number of hydrogen-bond acceptors (Lipinski definition) is 4. The van der Waals surface area contributed by atoms with Crippen molar-refractivity contribution >= 4 is 34.9 Å². The molecule has 1 aliphatic heterocycles. The Bertz CT molecular complexity index is 657. The number of Topliss-reactive ketones (excluding diaryl/α,β-unsaturated/α-hetero) is 1. The summed E-state index contributed by atoms with van der Waals surface area (Å²) in [6.45, 7) is 3.04. The van der Waals surface area contributed by atoms with Crippen LogP contribution in [0.2, 0.25) is 5.02 Å². The summed E-state index contributed by atoms with van der Waals surface area (Å²) >= 11 is 5.63. The fourth-order valence-corrected chi connectivity index (χ4v) is 2.35. The molecule has 21 heavy (non-hydrogen) atoms. The van der Waals surface area contributed by atoms with Crippen LogP contribution in [0, 0.1) is 11.2 Å². The molecule has 0 radical (unpaired) electrons. The molecule has 0 atom stereocenters. The van der Waals surface area contributed by atoms with E-state index >= 15 is 0 Å². The van der Waals surface area contributed by atoms with Gasteiger partial charge in [0.15, 0.2) is 0 Å². The first-order chi connectivity index (χ1) is 9.69. The predicted octanol–water partition coefficient (Wildman–Crippen LogP) is 2.21. The lowest BCUT2D eigenvalue weighted by Crippen LogP contribution is -2.42. The second-order valence-electron chi connectivity index (χ2n) is 5.38. The van der Waals surface area contributed by atoms with Crippen LogP contribution in [-0.2, 0) is 14.3 Å². The number of fused-ring (bicyclic) bond motifs is 1. The Balaban J connectivity index is 2.44. The Morgan fingerprint density at radius 3 is 2.57 bits per heavy atom. The fraction of sp³-hybridized carbons (Fsp3) is 0.357. The number of ether oxygens (including phenoxy) is 1. The molecule has 0 N–H and O–H groups in total. The molecular weight excluding hydrogens is 301 g/mol. The van der Waals surface area contributed by atoms with Gasteiger partial charge in [-0.3, -0.25) is 14.4 Å². The maximum absolute atomic E-state index is 13.6. The van der Waals surface area contributed by atoms with Crippen LogP contribution in [0.4, 0.5) is 10.1 Å². The van der Waals surface area contributed by atoms with E-state index in [-0.39, 0.29) is 22.8 Å². The SMILES string of the molecule is COC(=O)C(C)(C)CN1C(=O)C(=O)c2cc(Cl)c(F)cc21. The standard InChI is InChI=1S/C14H13ClFNO4/c1-14(2,13(20)21-3)6-17-10-5-9(16)8(15)4-7(10)11(18)12(17)19/h4-5H,6H2,1-3H3. The van der Waals surface area contributed by atoms with Crippen LogP contribution in [0.1, 0.15) is 24.2 Å². The molecule has 1 aliphatic rings. The van der Waals surface area contributed by atoms with Crippen molar-refractivity contribution in [2.75, 3.05) is 18.6 Å². The van der Waals surface area contributed by atoms with Crippen molar-refractivity contribution in [2.24, 2.45) is 5.41 Å². The molecule has 1 aromatic rings. The number of hydrogen-bond donors (Lipinski definition) is 0. The van der Waals surface area contributed by atoms with Gasteiger partial charge < -0.3 is 9.64 Å². The van der Waals surface area contributed by atoms with E-state index < -0.39 is 28.9 Å². The number of amides is 1. The average molecular weight is 314 g/mol. The molecule has 0 saturated heterocycles. The number of rotatable bonds is 3. The highest BCUT2D eigenvalue weighted by Gasteiger charge is 2.41. The number of esters is 1. The minimum absolute atomic E-state index is 0.0343. The van der Waals surface area contributed by atoms with Crippen LogP contribution in [-0.4, -0.2) is 31.3 Å². The predicted molar refractivity (Wildman–Crippen MR) is 73.9 cm³/mol. The van der Waals surface area contributed by atoms with Crippen molar-refractivity contribution in [1.82, 2.24) is 0 Å². The monoisotopic (exact) mass is 313 g/mol. The van der Waals surface area contributed by atoms with Gasteiger partial charge in [-0.2, -0.15) is 0 Å². The molecule has 1 aromatic carbocycles. The van der Waals surface area contributed by atoms with Crippen LogP contribution in [0.5, 0.6) is 0 Å². The lowest BCUT2D eigenvalue weighted by molar-refractivity contribution is -0.150. The highest BCUT2D eigenvalue weighted by molar-refractivity contribution is 6.52. The lowest BCUT2D eigenvalue weighted by atomic mass is 9.93. The lowest BCUT2D eigenvalue weighted by Gasteiger charge is -2.27. The van der Waals surface area contributed by atoms with Crippen molar-refractivity contribution < 1.29 is 23.5 Å². The number of anilines is 1. The van der Waals surface area contributed by atoms with Crippen LogP contribution in [0.15, 0.2) is 12.1 Å². The van der Waals surface area contributed by atoms with Crippen LogP contribution in [0.25, 0.3) is 0 Å². The molecule has 0 bridgehead atoms. The highest BCUT2D eigenvalue weighted by atomic mass is 35.5. The third-order valence-electron chi connectivity index (χ3n) is 3.30. The molecule has 0 aromatic heterocycles. The summed E-state index contributed by atoms with van der Waals surface area (Å²) in [6.07, 6.45) is 0. The first-order valence-electron chi connectivity index (χ1n) is 6.12. The first kappa shape index (κ1) is 15.4. The summed E-state index contributed by atoms with van der Waals surface area (Å²) in [6, 6.07) is 2.14. The second kappa shape index (κ2) is 5.11. The van der Waals surface area contributed by atoms with Gasteiger partial charge in [0, 0.05) is 6.54 Å². The third-order valence-corrected chi connectivity index (χ3v) is 3.59. The van der Waals surface area contributed by atoms with Gasteiger partial charge in [-0.15, -0.1) is 0 Å². The Labute approximate surface area is 125 Å².